The van der Waals surface area contributed by atoms with Gasteiger partial charge in [-0.2, -0.15) is 8.42 Å². The van der Waals surface area contributed by atoms with Gasteiger partial charge in [0.25, 0.3) is 10.2 Å². The average molecular weight is 361 g/mol. The van der Waals surface area contributed by atoms with E-state index in [-0.39, 0.29) is 5.17 Å². The highest BCUT2D eigenvalue weighted by molar-refractivity contribution is 8.14. The zero-order chi connectivity index (χ0) is 17.3. The molecule has 0 aliphatic rings. The van der Waals surface area contributed by atoms with E-state index in [9.17, 15) is 8.42 Å². The molecule has 23 heavy (non-hydrogen) atoms. The Morgan fingerprint density at radius 1 is 1.43 bits per heavy atom. The fraction of sp³-hybridized carbons (Fsp3) is 0.500. The van der Waals surface area contributed by atoms with Crippen LogP contribution in [-0.2, 0) is 16.8 Å². The van der Waals surface area contributed by atoms with Crippen LogP contribution in [0.15, 0.2) is 29.3 Å². The van der Waals surface area contributed by atoms with Crippen molar-refractivity contribution in [2.75, 3.05) is 33.5 Å². The smallest absolute Gasteiger partial charge is 0.298 e. The number of benzene rings is 1. The number of hydrogen-bond donors (Lipinski definition) is 2. The van der Waals surface area contributed by atoms with Crippen molar-refractivity contribution in [1.82, 2.24) is 9.62 Å². The van der Waals surface area contributed by atoms with Crippen molar-refractivity contribution in [3.63, 3.8) is 0 Å². The molecule has 0 spiro atoms. The normalized spacial score (nSPS) is 12.5. The maximum Gasteiger partial charge on any atom is 0.298 e. The van der Waals surface area contributed by atoms with Crippen molar-refractivity contribution < 1.29 is 13.2 Å². The molecule has 0 heterocycles. The largest absolute Gasteiger partial charge is 0.494 e. The van der Waals surface area contributed by atoms with E-state index in [1.165, 1.54) is 17.3 Å². The Balaban J connectivity index is 2.39. The summed E-state index contributed by atoms with van der Waals surface area (Å²) >= 11 is 1.19. The molecule has 0 aliphatic carbocycles. The predicted octanol–water partition coefficient (Wildman–Crippen LogP) is 1.03. The summed E-state index contributed by atoms with van der Waals surface area (Å²) in [5, 5.41) is 5.18. The summed E-state index contributed by atoms with van der Waals surface area (Å²) in [6.07, 6.45) is 2.40. The number of ether oxygens (including phenoxy) is 1. The summed E-state index contributed by atoms with van der Waals surface area (Å²) in [5.74, 6) is 0.820. The minimum Gasteiger partial charge on any atom is -0.494 e. The fourth-order valence-electron chi connectivity index (χ4n) is 1.79. The topological polar surface area (TPSA) is 97.0 Å². The molecule has 130 valence electrons. The first-order chi connectivity index (χ1) is 10.8. The van der Waals surface area contributed by atoms with Gasteiger partial charge in [-0.1, -0.05) is 23.9 Å². The van der Waals surface area contributed by atoms with Gasteiger partial charge in [-0.15, -0.1) is 0 Å². The molecule has 7 nitrogen and oxygen atoms in total. The monoisotopic (exact) mass is 360 g/mol. The quantitative estimate of drug-likeness (QED) is 0.410. The van der Waals surface area contributed by atoms with E-state index in [0.717, 1.165) is 12.3 Å². The van der Waals surface area contributed by atoms with Gasteiger partial charge in [0.1, 0.15) is 5.75 Å². The lowest BCUT2D eigenvalue weighted by Gasteiger charge is -2.11. The molecular formula is C14H24N4O3S2. The molecule has 0 bridgehead atoms. The van der Waals surface area contributed by atoms with Crippen LogP contribution in [0.4, 0.5) is 0 Å². The molecule has 0 saturated carbocycles. The van der Waals surface area contributed by atoms with Crippen molar-refractivity contribution in [3.8, 4) is 5.75 Å². The molecule has 9 heteroatoms. The fourth-order valence-corrected chi connectivity index (χ4v) is 3.00. The zero-order valence-corrected chi connectivity index (χ0v) is 15.3. The number of nitrogens with two attached hydrogens (primary N) is 1. The number of rotatable bonds is 8. The summed E-state index contributed by atoms with van der Waals surface area (Å²) in [4.78, 5) is 6.23. The molecule has 1 aromatic carbocycles. The molecule has 0 atom stereocenters. The highest BCUT2D eigenvalue weighted by Gasteiger charge is 2.05. The third-order valence-electron chi connectivity index (χ3n) is 2.65. The van der Waals surface area contributed by atoms with Crippen molar-refractivity contribution >= 4 is 27.1 Å². The van der Waals surface area contributed by atoms with Crippen LogP contribution in [0.25, 0.3) is 0 Å². The van der Waals surface area contributed by atoms with Crippen molar-refractivity contribution in [2.45, 2.75) is 13.0 Å². The standard InChI is InChI=1S/C14H24N4O3S2/c1-18(2)11-12-6-4-7-13(10-12)21-9-5-8-16-14(22-3)17-23(15,19)20/h4,6-7,10H,5,8-9,11H2,1-3H3,(H,16,17)(H2,15,19,20). The number of hydrogen-bond acceptors (Lipinski definition) is 6. The second-order valence-electron chi connectivity index (χ2n) is 5.13. The Bertz CT molecular complexity index is 618. The Labute approximate surface area is 142 Å². The summed E-state index contributed by atoms with van der Waals surface area (Å²) in [6, 6.07) is 7.95. The molecule has 0 radical (unpaired) electrons. The number of nitrogens with one attached hydrogen (secondary N) is 1. The van der Waals surface area contributed by atoms with Crippen LogP contribution in [-0.4, -0.2) is 52.0 Å². The van der Waals surface area contributed by atoms with E-state index in [1.807, 2.05) is 32.3 Å². The van der Waals surface area contributed by atoms with Gasteiger partial charge < -0.3 is 9.64 Å². The highest BCUT2D eigenvalue weighted by Crippen LogP contribution is 2.14. The van der Waals surface area contributed by atoms with Crippen LogP contribution >= 0.6 is 11.8 Å². The van der Waals surface area contributed by atoms with Gasteiger partial charge in [-0.3, -0.25) is 4.99 Å². The molecule has 3 N–H and O–H groups in total. The minimum absolute atomic E-state index is 0.278. The highest BCUT2D eigenvalue weighted by atomic mass is 32.2. The van der Waals surface area contributed by atoms with Gasteiger partial charge in [0.05, 0.1) is 6.61 Å². The molecule has 1 rings (SSSR count). The Kier molecular flexibility index (Phi) is 8.38. The van der Waals surface area contributed by atoms with E-state index in [4.69, 9.17) is 9.88 Å². The molecule has 1 aromatic rings. The SMILES string of the molecule is CSC(=NCCCOc1cccc(CN(C)C)c1)NS(N)(=O)=O. The van der Waals surface area contributed by atoms with Gasteiger partial charge in [-0.05, 0) is 38.0 Å². The van der Waals surface area contributed by atoms with Gasteiger partial charge in [0.15, 0.2) is 5.17 Å². The molecule has 0 unspecified atom stereocenters. The first-order valence-corrected chi connectivity index (χ1v) is 9.82. The number of nitrogens with zero attached hydrogens (tertiary/aromatic N) is 2. The van der Waals surface area contributed by atoms with E-state index in [1.54, 1.807) is 6.26 Å². The van der Waals surface area contributed by atoms with Gasteiger partial charge in [0, 0.05) is 19.5 Å². The van der Waals surface area contributed by atoms with Crippen LogP contribution in [0.3, 0.4) is 0 Å². The summed E-state index contributed by atoms with van der Waals surface area (Å²) in [6.45, 7) is 1.82. The summed E-state index contributed by atoms with van der Waals surface area (Å²) in [5.41, 5.74) is 1.19. The maximum absolute atomic E-state index is 10.9. The van der Waals surface area contributed by atoms with Crippen molar-refractivity contribution in [2.24, 2.45) is 10.1 Å². The van der Waals surface area contributed by atoms with E-state index >= 15 is 0 Å². The molecular weight excluding hydrogens is 336 g/mol. The maximum atomic E-state index is 10.9. The van der Waals surface area contributed by atoms with Crippen molar-refractivity contribution in [1.29, 1.82) is 0 Å². The molecule has 0 aromatic heterocycles. The van der Waals surface area contributed by atoms with E-state index in [0.29, 0.717) is 19.6 Å². The number of aliphatic imine (C=N–C) groups is 1. The number of amidine groups is 1. The van der Waals surface area contributed by atoms with Crippen molar-refractivity contribution in [3.05, 3.63) is 29.8 Å². The molecule has 0 saturated heterocycles. The third-order valence-corrected chi connectivity index (χ3v) is 3.87. The first kappa shape index (κ1) is 19.8. The Morgan fingerprint density at radius 3 is 2.78 bits per heavy atom. The summed E-state index contributed by atoms with van der Waals surface area (Å²) in [7, 11) is 0.264. The lowest BCUT2D eigenvalue weighted by atomic mass is 10.2. The Morgan fingerprint density at radius 2 is 2.17 bits per heavy atom. The van der Waals surface area contributed by atoms with Crippen LogP contribution in [0, 0.1) is 0 Å². The molecule has 0 fully saturated rings. The first-order valence-electron chi connectivity index (χ1n) is 7.05. The Hall–Kier alpha value is -1.29. The average Bonchev–Trinajstić information content (AvgIpc) is 2.44. The number of thioether (sulfide) groups is 1. The van der Waals surface area contributed by atoms with Gasteiger partial charge >= 0.3 is 0 Å². The molecule has 0 amide bonds. The van der Waals surface area contributed by atoms with Gasteiger partial charge in [-0.25, -0.2) is 9.86 Å². The molecule has 0 aliphatic heterocycles. The predicted molar refractivity (Wildman–Crippen MR) is 96.0 cm³/mol. The van der Waals surface area contributed by atoms with E-state index < -0.39 is 10.2 Å². The van der Waals surface area contributed by atoms with E-state index in [2.05, 4.69) is 20.7 Å². The lowest BCUT2D eigenvalue weighted by Crippen LogP contribution is -2.34. The minimum atomic E-state index is -3.77. The summed E-state index contributed by atoms with van der Waals surface area (Å²) < 4.78 is 29.7. The second-order valence-corrected chi connectivity index (χ2v) is 7.21. The van der Waals surface area contributed by atoms with Crippen LogP contribution in [0.2, 0.25) is 0 Å². The van der Waals surface area contributed by atoms with Gasteiger partial charge in [0.2, 0.25) is 0 Å². The lowest BCUT2D eigenvalue weighted by molar-refractivity contribution is 0.312. The van der Waals surface area contributed by atoms with Crippen LogP contribution in [0.1, 0.15) is 12.0 Å². The third kappa shape index (κ3) is 9.44. The second kappa shape index (κ2) is 9.76. The van der Waals surface area contributed by atoms with Crippen LogP contribution < -0.4 is 14.6 Å². The zero-order valence-electron chi connectivity index (χ0n) is 13.7. The van der Waals surface area contributed by atoms with Crippen LogP contribution in [0.5, 0.6) is 5.75 Å².